The highest BCUT2D eigenvalue weighted by Gasteiger charge is 2.32. The molecule has 0 bridgehead atoms. The van der Waals surface area contributed by atoms with E-state index in [0.29, 0.717) is 12.2 Å². The van der Waals surface area contributed by atoms with E-state index < -0.39 is 7.60 Å². The molecule has 6 heteroatoms. The van der Waals surface area contributed by atoms with Crippen LogP contribution in [0.2, 0.25) is 0 Å². The topological polar surface area (TPSA) is 61.8 Å². The van der Waals surface area contributed by atoms with E-state index >= 15 is 0 Å². The highest BCUT2D eigenvalue weighted by Crippen LogP contribution is 2.57. The van der Waals surface area contributed by atoms with Crippen molar-refractivity contribution in [1.29, 1.82) is 0 Å². The summed E-state index contributed by atoms with van der Waals surface area (Å²) >= 11 is 0. The van der Waals surface area contributed by atoms with Crippen LogP contribution in [0.5, 0.6) is 0 Å². The van der Waals surface area contributed by atoms with Crippen molar-refractivity contribution in [2.24, 2.45) is 0 Å². The monoisotopic (exact) mass is 262 g/mol. The Kier molecular flexibility index (Phi) is 7.85. The van der Waals surface area contributed by atoms with Crippen molar-refractivity contribution < 1.29 is 23.1 Å². The molecule has 0 rings (SSSR count). The summed E-state index contributed by atoms with van der Waals surface area (Å²) in [5.41, 5.74) is 0.395. The van der Waals surface area contributed by atoms with Crippen molar-refractivity contribution in [2.75, 3.05) is 19.8 Å². The van der Waals surface area contributed by atoms with E-state index in [2.05, 4.69) is 0 Å². The van der Waals surface area contributed by atoms with E-state index in [0.717, 1.165) is 0 Å². The third-order valence-corrected chi connectivity index (χ3v) is 3.96. The lowest BCUT2D eigenvalue weighted by Gasteiger charge is -2.17. The first-order chi connectivity index (χ1) is 8.05. The van der Waals surface area contributed by atoms with Crippen LogP contribution in [0.3, 0.4) is 0 Å². The van der Waals surface area contributed by atoms with Crippen LogP contribution in [-0.2, 0) is 23.1 Å². The van der Waals surface area contributed by atoms with Crippen molar-refractivity contribution in [2.45, 2.75) is 27.7 Å². The lowest BCUT2D eigenvalue weighted by atomic mass is 10.3. The fourth-order valence-electron chi connectivity index (χ4n) is 1.12. The van der Waals surface area contributed by atoms with Gasteiger partial charge in [-0.2, -0.15) is 0 Å². The standard InChI is InChI=1S/C11H19O5P/c1-5-14-9-10(4)11(8-12)17(13,15-6-2)16-7-3/h9H,5-7H2,1-4H3. The average Bonchev–Trinajstić information content (AvgIpc) is 2.27. The summed E-state index contributed by atoms with van der Waals surface area (Å²) < 4.78 is 27.5. The molecule has 0 aliphatic rings. The zero-order valence-corrected chi connectivity index (χ0v) is 11.6. The number of hydrogen-bond donors (Lipinski definition) is 0. The average molecular weight is 262 g/mol. The van der Waals surface area contributed by atoms with Crippen molar-refractivity contribution in [3.05, 3.63) is 17.1 Å². The number of rotatable bonds is 8. The Labute approximate surface area is 102 Å². The third-order valence-electron chi connectivity index (χ3n) is 1.77. The van der Waals surface area contributed by atoms with Crippen molar-refractivity contribution in [1.82, 2.24) is 0 Å². The smallest absolute Gasteiger partial charge is 0.372 e. The summed E-state index contributed by atoms with van der Waals surface area (Å²) in [5, 5.41) is -0.116. The largest absolute Gasteiger partial charge is 0.501 e. The van der Waals surface area contributed by atoms with E-state index in [1.165, 1.54) is 6.26 Å². The zero-order chi connectivity index (χ0) is 13.3. The Balaban J connectivity index is 5.20. The van der Waals surface area contributed by atoms with E-state index in [4.69, 9.17) is 13.8 Å². The van der Waals surface area contributed by atoms with Gasteiger partial charge in [0, 0.05) is 5.57 Å². The van der Waals surface area contributed by atoms with Gasteiger partial charge in [0.05, 0.1) is 26.1 Å². The molecule has 17 heavy (non-hydrogen) atoms. The highest BCUT2D eigenvalue weighted by atomic mass is 31.2. The molecule has 0 aliphatic carbocycles. The van der Waals surface area contributed by atoms with Gasteiger partial charge >= 0.3 is 7.60 Å². The summed E-state index contributed by atoms with van der Waals surface area (Å²) in [5.74, 6) is 1.63. The fraction of sp³-hybridized carbons (Fsp3) is 0.636. The molecule has 0 unspecified atom stereocenters. The molecule has 0 N–H and O–H groups in total. The Morgan fingerprint density at radius 2 is 1.71 bits per heavy atom. The molecule has 0 spiro atoms. The molecular formula is C11H19O5P. The minimum Gasteiger partial charge on any atom is -0.501 e. The van der Waals surface area contributed by atoms with Crippen molar-refractivity contribution >= 4 is 13.5 Å². The summed E-state index contributed by atoms with van der Waals surface area (Å²) in [6.07, 6.45) is 1.35. The first-order valence-corrected chi connectivity index (χ1v) is 7.03. The number of carbonyl (C=O) groups excluding carboxylic acids is 1. The first kappa shape index (κ1) is 16.1. The van der Waals surface area contributed by atoms with Gasteiger partial charge in [0.2, 0.25) is 0 Å². The predicted octanol–water partition coefficient (Wildman–Crippen LogP) is 2.91. The molecule has 0 atom stereocenters. The molecule has 0 fully saturated rings. The van der Waals surface area contributed by atoms with Crippen LogP contribution < -0.4 is 0 Å². The van der Waals surface area contributed by atoms with Gasteiger partial charge in [0.15, 0.2) is 5.31 Å². The summed E-state index contributed by atoms with van der Waals surface area (Å²) in [6, 6.07) is 0. The Hall–Kier alpha value is -0.860. The van der Waals surface area contributed by atoms with Gasteiger partial charge in [-0.05, 0) is 27.7 Å². The number of hydrogen-bond acceptors (Lipinski definition) is 5. The second-order valence-corrected chi connectivity index (χ2v) is 5.00. The number of ether oxygens (including phenoxy) is 1. The molecule has 0 saturated carbocycles. The lowest BCUT2D eigenvalue weighted by molar-refractivity contribution is 0.226. The maximum atomic E-state index is 12.3. The minimum absolute atomic E-state index is 0.116. The quantitative estimate of drug-likeness (QED) is 0.291. The van der Waals surface area contributed by atoms with E-state index in [1.807, 2.05) is 0 Å². The van der Waals surface area contributed by atoms with E-state index in [9.17, 15) is 9.36 Å². The van der Waals surface area contributed by atoms with Gasteiger partial charge in [-0.15, -0.1) is 0 Å². The normalized spacial score (nSPS) is 12.1. The first-order valence-electron chi connectivity index (χ1n) is 5.49. The Bertz CT molecular complexity index is 345. The van der Waals surface area contributed by atoms with Crippen LogP contribution >= 0.6 is 7.60 Å². The van der Waals surface area contributed by atoms with Crippen LogP contribution in [0.15, 0.2) is 17.1 Å². The molecule has 0 aromatic rings. The fourth-order valence-corrected chi connectivity index (χ4v) is 2.73. The molecule has 0 amide bonds. The van der Waals surface area contributed by atoms with E-state index in [-0.39, 0.29) is 18.5 Å². The summed E-state index contributed by atoms with van der Waals surface area (Å²) in [4.78, 5) is 10.9. The molecule has 0 aromatic carbocycles. The molecule has 0 aliphatic heterocycles. The molecule has 0 radical (unpaired) electrons. The third kappa shape index (κ3) is 4.88. The summed E-state index contributed by atoms with van der Waals surface area (Å²) in [6.45, 7) is 7.58. The Morgan fingerprint density at radius 3 is 2.06 bits per heavy atom. The second-order valence-electron chi connectivity index (χ2n) is 3.04. The van der Waals surface area contributed by atoms with Crippen LogP contribution in [-0.4, -0.2) is 25.8 Å². The van der Waals surface area contributed by atoms with Gasteiger partial charge in [0.1, 0.15) is 5.94 Å². The molecule has 0 saturated heterocycles. The zero-order valence-electron chi connectivity index (χ0n) is 10.7. The highest BCUT2D eigenvalue weighted by molar-refractivity contribution is 7.59. The molecule has 5 nitrogen and oxygen atoms in total. The van der Waals surface area contributed by atoms with Crippen molar-refractivity contribution in [3.63, 3.8) is 0 Å². The van der Waals surface area contributed by atoms with Gasteiger partial charge in [-0.3, -0.25) is 4.57 Å². The second kappa shape index (κ2) is 8.26. The summed E-state index contributed by atoms with van der Waals surface area (Å²) in [7, 11) is -3.58. The maximum Gasteiger partial charge on any atom is 0.372 e. The molecular weight excluding hydrogens is 243 g/mol. The van der Waals surface area contributed by atoms with Crippen LogP contribution in [0.25, 0.3) is 0 Å². The van der Waals surface area contributed by atoms with Crippen LogP contribution in [0.4, 0.5) is 0 Å². The van der Waals surface area contributed by atoms with Gasteiger partial charge in [0.25, 0.3) is 0 Å². The molecule has 0 aromatic heterocycles. The number of allylic oxidation sites excluding steroid dienone is 2. The van der Waals surface area contributed by atoms with Gasteiger partial charge < -0.3 is 13.8 Å². The lowest BCUT2D eigenvalue weighted by Crippen LogP contribution is -2.01. The van der Waals surface area contributed by atoms with Crippen LogP contribution in [0.1, 0.15) is 27.7 Å². The maximum absolute atomic E-state index is 12.3. The van der Waals surface area contributed by atoms with Gasteiger partial charge in [-0.25, -0.2) is 4.79 Å². The van der Waals surface area contributed by atoms with Crippen molar-refractivity contribution in [3.8, 4) is 0 Å². The minimum atomic E-state index is -3.58. The molecule has 0 heterocycles. The predicted molar refractivity (Wildman–Crippen MR) is 65.4 cm³/mol. The SMILES string of the molecule is CCOC=C(C)C(=C=O)P(=O)(OCC)OCC. The Morgan fingerprint density at radius 1 is 1.18 bits per heavy atom. The van der Waals surface area contributed by atoms with Crippen LogP contribution in [0, 0.1) is 0 Å². The molecule has 98 valence electrons. The van der Waals surface area contributed by atoms with E-state index in [1.54, 1.807) is 33.6 Å². The van der Waals surface area contributed by atoms with Gasteiger partial charge in [-0.1, -0.05) is 0 Å².